The maximum absolute atomic E-state index is 13.2. The zero-order chi connectivity index (χ0) is 15.4. The first-order valence-electron chi connectivity index (χ1n) is 7.68. The van der Waals surface area contributed by atoms with Crippen molar-refractivity contribution in [2.45, 2.75) is 33.1 Å². The van der Waals surface area contributed by atoms with Gasteiger partial charge in [-0.2, -0.15) is 0 Å². The summed E-state index contributed by atoms with van der Waals surface area (Å²) in [6.07, 6.45) is 3.39. The molecule has 1 heterocycles. The highest BCUT2D eigenvalue weighted by atomic mass is 19.2. The Bertz CT molecular complexity index is 502. The Morgan fingerprint density at radius 3 is 2.67 bits per heavy atom. The van der Waals surface area contributed by atoms with E-state index in [1.165, 1.54) is 12.5 Å². The van der Waals surface area contributed by atoms with Gasteiger partial charge in [-0.3, -0.25) is 9.69 Å². The highest BCUT2D eigenvalue weighted by molar-refractivity contribution is 5.97. The lowest BCUT2D eigenvalue weighted by Crippen LogP contribution is -2.31. The summed E-state index contributed by atoms with van der Waals surface area (Å²) in [6, 6.07) is 3.36. The van der Waals surface area contributed by atoms with Gasteiger partial charge in [-0.05, 0) is 62.4 Å². The summed E-state index contributed by atoms with van der Waals surface area (Å²) >= 11 is 0. The van der Waals surface area contributed by atoms with Gasteiger partial charge in [-0.1, -0.05) is 13.8 Å². The molecule has 1 aliphatic rings. The number of carbonyl (C=O) groups is 1. The van der Waals surface area contributed by atoms with Gasteiger partial charge in [-0.15, -0.1) is 0 Å². The summed E-state index contributed by atoms with van der Waals surface area (Å²) in [7, 11) is 0. The number of benzene rings is 1. The fraction of sp³-hybridized carbons (Fsp3) is 0.588. The van der Waals surface area contributed by atoms with E-state index in [0.717, 1.165) is 38.1 Å². The molecule has 1 saturated heterocycles. The molecule has 0 radical (unpaired) electrons. The first kappa shape index (κ1) is 16.1. The maximum Gasteiger partial charge on any atom is 0.176 e. The normalized spacial score (nSPS) is 20.5. The molecule has 1 aliphatic heterocycles. The molecule has 0 spiro atoms. The predicted molar refractivity (Wildman–Crippen MR) is 79.3 cm³/mol. The van der Waals surface area contributed by atoms with Gasteiger partial charge in [0.2, 0.25) is 0 Å². The summed E-state index contributed by atoms with van der Waals surface area (Å²) in [5.74, 6) is -0.630. The van der Waals surface area contributed by atoms with Crippen LogP contribution in [-0.2, 0) is 0 Å². The molecule has 1 unspecified atom stereocenters. The van der Waals surface area contributed by atoms with Gasteiger partial charge in [0.25, 0.3) is 0 Å². The molecule has 1 aromatic rings. The van der Waals surface area contributed by atoms with Crippen molar-refractivity contribution in [3.05, 3.63) is 35.4 Å². The third-order valence-corrected chi connectivity index (χ3v) is 4.42. The van der Waals surface area contributed by atoms with Crippen LogP contribution in [0.25, 0.3) is 0 Å². The summed E-state index contributed by atoms with van der Waals surface area (Å²) in [6.45, 7) is 6.58. The molecule has 0 aromatic heterocycles. The van der Waals surface area contributed by atoms with Gasteiger partial charge in [0, 0.05) is 5.56 Å². The van der Waals surface area contributed by atoms with Crippen molar-refractivity contribution in [1.29, 1.82) is 0 Å². The topological polar surface area (TPSA) is 20.3 Å². The number of likely N-dealkylation sites (tertiary alicyclic amines) is 1. The van der Waals surface area contributed by atoms with Gasteiger partial charge in [0.15, 0.2) is 17.4 Å². The van der Waals surface area contributed by atoms with Crippen molar-refractivity contribution in [2.75, 3.05) is 19.6 Å². The van der Waals surface area contributed by atoms with Crippen molar-refractivity contribution in [1.82, 2.24) is 4.90 Å². The van der Waals surface area contributed by atoms with Crippen LogP contribution in [0, 0.1) is 23.5 Å². The number of hydrogen-bond donors (Lipinski definition) is 0. The van der Waals surface area contributed by atoms with Crippen LogP contribution in [0.3, 0.4) is 0 Å². The molecule has 0 N–H and O–H groups in total. The second kappa shape index (κ2) is 7.12. The molecule has 0 aliphatic carbocycles. The average molecular weight is 295 g/mol. The quantitative estimate of drug-likeness (QED) is 0.785. The van der Waals surface area contributed by atoms with Crippen LogP contribution in [0.15, 0.2) is 18.2 Å². The van der Waals surface area contributed by atoms with E-state index in [0.29, 0.717) is 11.8 Å². The van der Waals surface area contributed by atoms with E-state index < -0.39 is 11.6 Å². The standard InChI is InChI=1S/C17H23F2NO/c1-12(2)13-4-3-8-20(9-7-13)11-17(21)14-5-6-15(18)16(19)10-14/h5-6,10,12-13H,3-4,7-9,11H2,1-2H3. The second-order valence-electron chi connectivity index (χ2n) is 6.26. The van der Waals surface area contributed by atoms with E-state index >= 15 is 0 Å². The van der Waals surface area contributed by atoms with Gasteiger partial charge in [0.1, 0.15) is 0 Å². The Hall–Kier alpha value is -1.29. The predicted octanol–water partition coefficient (Wildman–Crippen LogP) is 3.91. The lowest BCUT2D eigenvalue weighted by Gasteiger charge is -2.20. The Labute approximate surface area is 125 Å². The smallest absolute Gasteiger partial charge is 0.176 e. The molecular formula is C17H23F2NO. The van der Waals surface area contributed by atoms with Crippen LogP contribution in [0.1, 0.15) is 43.5 Å². The van der Waals surface area contributed by atoms with Gasteiger partial charge in [-0.25, -0.2) is 8.78 Å². The average Bonchev–Trinajstić information content (AvgIpc) is 2.67. The number of hydrogen-bond acceptors (Lipinski definition) is 2. The molecular weight excluding hydrogens is 272 g/mol. The first-order valence-corrected chi connectivity index (χ1v) is 7.68. The third-order valence-electron chi connectivity index (χ3n) is 4.42. The maximum atomic E-state index is 13.2. The van der Waals surface area contributed by atoms with E-state index in [1.54, 1.807) is 0 Å². The Kier molecular flexibility index (Phi) is 5.45. The molecule has 0 bridgehead atoms. The highest BCUT2D eigenvalue weighted by Crippen LogP contribution is 2.24. The Morgan fingerprint density at radius 2 is 2.00 bits per heavy atom. The van der Waals surface area contributed by atoms with Gasteiger partial charge in [0.05, 0.1) is 6.54 Å². The molecule has 1 atom stereocenters. The minimum Gasteiger partial charge on any atom is -0.296 e. The van der Waals surface area contributed by atoms with Crippen molar-refractivity contribution < 1.29 is 13.6 Å². The van der Waals surface area contributed by atoms with E-state index in [2.05, 4.69) is 18.7 Å². The molecule has 116 valence electrons. The fourth-order valence-electron chi connectivity index (χ4n) is 2.97. The minimum atomic E-state index is -0.961. The lowest BCUT2D eigenvalue weighted by molar-refractivity contribution is 0.0931. The van der Waals surface area contributed by atoms with E-state index in [1.807, 2.05) is 0 Å². The Balaban J connectivity index is 1.94. The molecule has 2 rings (SSSR count). The van der Waals surface area contributed by atoms with Crippen LogP contribution in [0.2, 0.25) is 0 Å². The summed E-state index contributed by atoms with van der Waals surface area (Å²) in [5.41, 5.74) is 0.249. The summed E-state index contributed by atoms with van der Waals surface area (Å²) < 4.78 is 26.1. The van der Waals surface area contributed by atoms with E-state index in [4.69, 9.17) is 0 Å². The zero-order valence-electron chi connectivity index (χ0n) is 12.7. The number of ketones is 1. The number of carbonyl (C=O) groups excluding carboxylic acids is 1. The number of halogens is 2. The van der Waals surface area contributed by atoms with Crippen LogP contribution in [0.5, 0.6) is 0 Å². The van der Waals surface area contributed by atoms with Crippen LogP contribution >= 0.6 is 0 Å². The van der Waals surface area contributed by atoms with Crippen molar-refractivity contribution in [2.24, 2.45) is 11.8 Å². The zero-order valence-corrected chi connectivity index (χ0v) is 12.7. The second-order valence-corrected chi connectivity index (χ2v) is 6.26. The van der Waals surface area contributed by atoms with Gasteiger partial charge >= 0.3 is 0 Å². The largest absolute Gasteiger partial charge is 0.296 e. The minimum absolute atomic E-state index is 0.142. The summed E-state index contributed by atoms with van der Waals surface area (Å²) in [4.78, 5) is 14.3. The van der Waals surface area contributed by atoms with Crippen molar-refractivity contribution in [3.8, 4) is 0 Å². The summed E-state index contributed by atoms with van der Waals surface area (Å²) in [5, 5.41) is 0. The Morgan fingerprint density at radius 1 is 1.24 bits per heavy atom. The number of Topliss-reactive ketones (excluding diaryl/α,β-unsaturated/α-hetero) is 1. The first-order chi connectivity index (χ1) is 9.97. The molecule has 1 fully saturated rings. The third kappa shape index (κ3) is 4.34. The lowest BCUT2D eigenvalue weighted by atomic mass is 9.89. The van der Waals surface area contributed by atoms with Crippen LogP contribution in [0.4, 0.5) is 8.78 Å². The SMILES string of the molecule is CC(C)C1CCCN(CC(=O)c2ccc(F)c(F)c2)CC1. The monoisotopic (exact) mass is 295 g/mol. The van der Waals surface area contributed by atoms with Gasteiger partial charge < -0.3 is 0 Å². The fourth-order valence-corrected chi connectivity index (χ4v) is 2.97. The molecule has 1 aromatic carbocycles. The highest BCUT2D eigenvalue weighted by Gasteiger charge is 2.21. The van der Waals surface area contributed by atoms with E-state index in [9.17, 15) is 13.6 Å². The van der Waals surface area contributed by atoms with Crippen LogP contribution in [-0.4, -0.2) is 30.3 Å². The van der Waals surface area contributed by atoms with E-state index in [-0.39, 0.29) is 17.9 Å². The number of nitrogens with zero attached hydrogens (tertiary/aromatic N) is 1. The van der Waals surface area contributed by atoms with Crippen molar-refractivity contribution in [3.63, 3.8) is 0 Å². The molecule has 0 saturated carbocycles. The molecule has 4 heteroatoms. The van der Waals surface area contributed by atoms with Crippen LogP contribution < -0.4 is 0 Å². The molecule has 21 heavy (non-hydrogen) atoms. The number of rotatable bonds is 4. The molecule has 2 nitrogen and oxygen atoms in total. The van der Waals surface area contributed by atoms with Crippen molar-refractivity contribution >= 4 is 5.78 Å². The molecule has 0 amide bonds.